The molecule has 0 radical (unpaired) electrons. The number of hydrogen-bond acceptors (Lipinski definition) is 0. The molecule has 0 aromatic heterocycles. The van der Waals surface area contributed by atoms with E-state index in [2.05, 4.69) is 19.4 Å². The predicted molar refractivity (Wildman–Crippen MR) is 78.7 cm³/mol. The highest BCUT2D eigenvalue weighted by molar-refractivity contribution is 5.49. The normalized spacial score (nSPS) is 73.5. The van der Waals surface area contributed by atoms with Gasteiger partial charge in [-0.2, -0.15) is 0 Å². The number of hydrogen-bond donors (Lipinski definition) is 0. The lowest BCUT2D eigenvalue weighted by molar-refractivity contribution is -0.199. The van der Waals surface area contributed by atoms with E-state index in [4.69, 9.17) is 0 Å². The van der Waals surface area contributed by atoms with E-state index in [-0.39, 0.29) is 0 Å². The zero-order valence-electron chi connectivity index (χ0n) is 12.8. The first-order chi connectivity index (χ1) is 9.77. The van der Waals surface area contributed by atoms with Crippen LogP contribution in [0.1, 0.15) is 39.5 Å². The third-order valence-corrected chi connectivity index (χ3v) is 9.91. The Morgan fingerprint density at radius 2 is 1.55 bits per heavy atom. The minimum Gasteiger partial charge on any atom is -0.0641 e. The summed E-state index contributed by atoms with van der Waals surface area (Å²) in [7, 11) is 0. The van der Waals surface area contributed by atoms with Gasteiger partial charge in [0.1, 0.15) is 0 Å². The van der Waals surface area contributed by atoms with Gasteiger partial charge in [0.2, 0.25) is 0 Å². The Morgan fingerprint density at radius 1 is 0.700 bits per heavy atom. The predicted octanol–water partition coefficient (Wildman–Crippen LogP) is 4.37. The second kappa shape index (κ2) is 2.82. The van der Waals surface area contributed by atoms with E-state index in [0.29, 0.717) is 0 Å². The monoisotopic (exact) mass is 266 g/mol. The van der Waals surface area contributed by atoms with E-state index in [1.807, 2.05) is 5.57 Å². The first-order valence-electron chi connectivity index (χ1n) is 9.51. The highest BCUT2D eigenvalue weighted by atomic mass is 14.8. The summed E-state index contributed by atoms with van der Waals surface area (Å²) in [5, 5.41) is 0. The van der Waals surface area contributed by atoms with Crippen LogP contribution in [0.4, 0.5) is 0 Å². The van der Waals surface area contributed by atoms with Crippen LogP contribution in [0.25, 0.3) is 0 Å². The van der Waals surface area contributed by atoms with Crippen LogP contribution in [0.2, 0.25) is 0 Å². The molecule has 0 heteroatoms. The van der Waals surface area contributed by atoms with Crippen LogP contribution in [-0.2, 0) is 0 Å². The molecule has 0 heterocycles. The smallest absolute Gasteiger partial charge is 0.00972 e. The zero-order chi connectivity index (χ0) is 12.9. The van der Waals surface area contributed by atoms with Gasteiger partial charge in [-0.3, -0.25) is 0 Å². The Hall–Kier alpha value is -0.260. The molecule has 0 saturated heterocycles. The highest BCUT2D eigenvalue weighted by Gasteiger charge is 2.78. The van der Waals surface area contributed by atoms with Crippen molar-refractivity contribution in [1.29, 1.82) is 0 Å². The molecule has 5 fully saturated rings. The van der Waals surface area contributed by atoms with E-state index in [0.717, 1.165) is 29.6 Å². The van der Waals surface area contributed by atoms with Gasteiger partial charge in [-0.15, -0.1) is 0 Å². The SMILES string of the molecule is CC1CCC2CC3C4CC5C6C7C(=C1C7C)C6C5C4C23. The van der Waals surface area contributed by atoms with E-state index in [9.17, 15) is 0 Å². The van der Waals surface area contributed by atoms with Crippen LogP contribution in [0.15, 0.2) is 11.1 Å². The van der Waals surface area contributed by atoms with Crippen molar-refractivity contribution in [1.82, 2.24) is 0 Å². The quantitative estimate of drug-likeness (QED) is 0.571. The number of fused-ring (bicyclic) bond motifs is 3. The van der Waals surface area contributed by atoms with E-state index in [1.165, 1.54) is 47.8 Å². The average Bonchev–Trinajstić information content (AvgIpc) is 2.65. The van der Waals surface area contributed by atoms with Crippen molar-refractivity contribution in [2.24, 2.45) is 71.0 Å². The molecule has 0 aliphatic heterocycles. The van der Waals surface area contributed by atoms with Gasteiger partial charge >= 0.3 is 0 Å². The van der Waals surface area contributed by atoms with Gasteiger partial charge in [-0.05, 0) is 96.7 Å². The largest absolute Gasteiger partial charge is 0.0641 e. The molecule has 7 rings (SSSR count). The molecular weight excluding hydrogens is 240 g/mol. The summed E-state index contributed by atoms with van der Waals surface area (Å²) >= 11 is 0. The molecule has 0 spiro atoms. The summed E-state index contributed by atoms with van der Waals surface area (Å²) in [5.74, 6) is 13.8. The summed E-state index contributed by atoms with van der Waals surface area (Å²) in [5.41, 5.74) is 4.03. The summed E-state index contributed by atoms with van der Waals surface area (Å²) in [4.78, 5) is 0. The van der Waals surface area contributed by atoms with E-state index < -0.39 is 0 Å². The van der Waals surface area contributed by atoms with Gasteiger partial charge in [0, 0.05) is 0 Å². The van der Waals surface area contributed by atoms with E-state index in [1.54, 1.807) is 19.3 Å². The zero-order valence-corrected chi connectivity index (χ0v) is 12.8. The van der Waals surface area contributed by atoms with Gasteiger partial charge in [0.05, 0.1) is 0 Å². The average molecular weight is 266 g/mol. The van der Waals surface area contributed by atoms with Crippen molar-refractivity contribution < 1.29 is 0 Å². The Bertz CT molecular complexity index is 571. The van der Waals surface area contributed by atoms with Crippen LogP contribution in [0, 0.1) is 71.0 Å². The maximum absolute atomic E-state index is 2.57. The molecular formula is C20H26. The van der Waals surface area contributed by atoms with Crippen LogP contribution < -0.4 is 0 Å². The van der Waals surface area contributed by atoms with Gasteiger partial charge in [-0.25, -0.2) is 0 Å². The van der Waals surface area contributed by atoms with E-state index >= 15 is 0 Å². The van der Waals surface area contributed by atoms with Crippen molar-refractivity contribution in [2.75, 3.05) is 0 Å². The third kappa shape index (κ3) is 0.763. The molecule has 0 nitrogen and oxygen atoms in total. The van der Waals surface area contributed by atoms with Crippen molar-refractivity contribution in [2.45, 2.75) is 39.5 Å². The first-order valence-corrected chi connectivity index (χ1v) is 9.51. The first kappa shape index (κ1) is 10.5. The maximum atomic E-state index is 2.57. The molecule has 0 bridgehead atoms. The van der Waals surface area contributed by atoms with Crippen molar-refractivity contribution >= 4 is 0 Å². The summed E-state index contributed by atoms with van der Waals surface area (Å²) in [6, 6.07) is 0. The van der Waals surface area contributed by atoms with Gasteiger partial charge in [-0.1, -0.05) is 25.0 Å². The molecule has 12 atom stereocenters. The molecule has 0 amide bonds. The van der Waals surface area contributed by atoms with Crippen LogP contribution in [0.3, 0.4) is 0 Å². The summed E-state index contributed by atoms with van der Waals surface area (Å²) in [6.45, 7) is 5.13. The highest BCUT2D eigenvalue weighted by Crippen LogP contribution is 2.84. The molecule has 5 saturated carbocycles. The fourth-order valence-corrected chi connectivity index (χ4v) is 9.46. The maximum Gasteiger partial charge on any atom is -0.00972 e. The van der Waals surface area contributed by atoms with Gasteiger partial charge < -0.3 is 0 Å². The van der Waals surface area contributed by atoms with Crippen molar-refractivity contribution in [3.8, 4) is 0 Å². The second-order valence-corrected chi connectivity index (χ2v) is 9.76. The molecule has 7 aliphatic carbocycles. The van der Waals surface area contributed by atoms with Crippen LogP contribution >= 0.6 is 0 Å². The Labute approximate surface area is 122 Å². The van der Waals surface area contributed by atoms with Gasteiger partial charge in [0.15, 0.2) is 0 Å². The molecule has 0 aromatic rings. The minimum absolute atomic E-state index is 0.934. The molecule has 0 N–H and O–H groups in total. The number of allylic oxidation sites excluding steroid dienone is 2. The van der Waals surface area contributed by atoms with Crippen LogP contribution in [0.5, 0.6) is 0 Å². The third-order valence-electron chi connectivity index (χ3n) is 9.91. The minimum atomic E-state index is 0.934. The topological polar surface area (TPSA) is 0 Å². The van der Waals surface area contributed by atoms with Crippen LogP contribution in [-0.4, -0.2) is 0 Å². The molecule has 20 heavy (non-hydrogen) atoms. The Morgan fingerprint density at radius 3 is 2.45 bits per heavy atom. The lowest BCUT2D eigenvalue weighted by Crippen LogP contribution is -2.69. The second-order valence-electron chi connectivity index (χ2n) is 9.76. The fourth-order valence-electron chi connectivity index (χ4n) is 9.46. The van der Waals surface area contributed by atoms with Crippen molar-refractivity contribution in [3.05, 3.63) is 11.1 Å². The molecule has 12 unspecified atom stereocenters. The van der Waals surface area contributed by atoms with Crippen molar-refractivity contribution in [3.63, 3.8) is 0 Å². The molecule has 0 aromatic carbocycles. The summed E-state index contributed by atoms with van der Waals surface area (Å²) in [6.07, 6.45) is 6.40. The number of rotatable bonds is 0. The lowest BCUT2D eigenvalue weighted by Gasteiger charge is -2.74. The Kier molecular flexibility index (Phi) is 1.47. The molecule has 7 aliphatic rings. The molecule has 106 valence electrons. The standard InChI is InChI=1S/C20H26/c1-7-3-4-9-5-10-11-6-12-17-14-8(2)13(7)19(14)20(17)18(12)16(11)15(9)10/h7-12,14-18,20H,3-6H2,1-2H3. The van der Waals surface area contributed by atoms with Gasteiger partial charge in [0.25, 0.3) is 0 Å². The lowest BCUT2D eigenvalue weighted by atomic mass is 9.30. The Balaban J connectivity index is 1.39. The summed E-state index contributed by atoms with van der Waals surface area (Å²) < 4.78 is 0. The fraction of sp³-hybridized carbons (Fsp3) is 0.900.